The zero-order valence-corrected chi connectivity index (χ0v) is 10.3. The van der Waals surface area contributed by atoms with Crippen LogP contribution in [-0.2, 0) is 6.54 Å². The van der Waals surface area contributed by atoms with Crippen LogP contribution in [0.5, 0.6) is 0 Å². The van der Waals surface area contributed by atoms with E-state index < -0.39 is 0 Å². The van der Waals surface area contributed by atoms with Gasteiger partial charge in [0.25, 0.3) is 0 Å². The molecule has 0 spiro atoms. The topological polar surface area (TPSA) is 38.1 Å². The zero-order valence-electron chi connectivity index (χ0n) is 10.3. The number of aryl methyl sites for hydroxylation is 1. The van der Waals surface area contributed by atoms with Crippen molar-refractivity contribution in [1.82, 2.24) is 10.3 Å². The third kappa shape index (κ3) is 3.08. The minimum absolute atomic E-state index is 0.662. The standard InChI is InChI=1S/C13H22N2O/c1-3-11-4-6-12(7-5-11)14-9-13-15-8-10(2)16-13/h8,11-12,14H,3-7,9H2,1-2H3. The summed E-state index contributed by atoms with van der Waals surface area (Å²) in [5.74, 6) is 2.67. The number of hydrogen-bond donors (Lipinski definition) is 1. The molecule has 1 N–H and O–H groups in total. The van der Waals surface area contributed by atoms with Gasteiger partial charge in [-0.1, -0.05) is 13.3 Å². The summed E-state index contributed by atoms with van der Waals surface area (Å²) in [6.07, 6.45) is 8.48. The molecule has 1 aromatic heterocycles. The maximum Gasteiger partial charge on any atom is 0.208 e. The molecule has 0 radical (unpaired) electrons. The number of rotatable bonds is 4. The van der Waals surface area contributed by atoms with Gasteiger partial charge in [0.05, 0.1) is 12.7 Å². The van der Waals surface area contributed by atoms with Gasteiger partial charge in [-0.25, -0.2) is 4.98 Å². The molecule has 16 heavy (non-hydrogen) atoms. The fraction of sp³-hybridized carbons (Fsp3) is 0.769. The number of oxazole rings is 1. The Kier molecular flexibility index (Phi) is 3.99. The van der Waals surface area contributed by atoms with Gasteiger partial charge in [0.1, 0.15) is 5.76 Å². The third-order valence-corrected chi connectivity index (χ3v) is 3.64. The van der Waals surface area contributed by atoms with Gasteiger partial charge < -0.3 is 9.73 Å². The molecule has 0 atom stereocenters. The first-order valence-electron chi connectivity index (χ1n) is 6.42. The van der Waals surface area contributed by atoms with Crippen LogP contribution in [0.1, 0.15) is 50.7 Å². The normalized spacial score (nSPS) is 25.9. The zero-order chi connectivity index (χ0) is 11.4. The monoisotopic (exact) mass is 222 g/mol. The van der Waals surface area contributed by atoms with Gasteiger partial charge in [-0.3, -0.25) is 0 Å². The minimum atomic E-state index is 0.662. The molecule has 3 nitrogen and oxygen atoms in total. The number of hydrogen-bond acceptors (Lipinski definition) is 3. The fourth-order valence-electron chi connectivity index (χ4n) is 2.49. The van der Waals surface area contributed by atoms with Gasteiger partial charge >= 0.3 is 0 Å². The lowest BCUT2D eigenvalue weighted by Gasteiger charge is -2.28. The largest absolute Gasteiger partial charge is 0.445 e. The second-order valence-electron chi connectivity index (χ2n) is 4.87. The van der Waals surface area contributed by atoms with Crippen LogP contribution in [0, 0.1) is 12.8 Å². The fourth-order valence-corrected chi connectivity index (χ4v) is 2.49. The van der Waals surface area contributed by atoms with Crippen LogP contribution in [0.4, 0.5) is 0 Å². The Hall–Kier alpha value is -0.830. The number of aromatic nitrogens is 1. The van der Waals surface area contributed by atoms with E-state index in [-0.39, 0.29) is 0 Å². The smallest absolute Gasteiger partial charge is 0.208 e. The minimum Gasteiger partial charge on any atom is -0.445 e. The highest BCUT2D eigenvalue weighted by atomic mass is 16.4. The summed E-state index contributed by atoms with van der Waals surface area (Å²) in [7, 11) is 0. The quantitative estimate of drug-likeness (QED) is 0.851. The summed E-state index contributed by atoms with van der Waals surface area (Å²) in [6.45, 7) is 5.01. The van der Waals surface area contributed by atoms with Gasteiger partial charge in [0, 0.05) is 6.04 Å². The Morgan fingerprint density at radius 1 is 1.38 bits per heavy atom. The Labute approximate surface area is 97.6 Å². The summed E-state index contributed by atoms with van der Waals surface area (Å²) in [4.78, 5) is 4.20. The summed E-state index contributed by atoms with van der Waals surface area (Å²) < 4.78 is 5.44. The van der Waals surface area contributed by atoms with Crippen LogP contribution < -0.4 is 5.32 Å². The van der Waals surface area contributed by atoms with Crippen molar-refractivity contribution in [2.24, 2.45) is 5.92 Å². The van der Waals surface area contributed by atoms with Gasteiger partial charge in [0.15, 0.2) is 0 Å². The van der Waals surface area contributed by atoms with Crippen molar-refractivity contribution in [3.63, 3.8) is 0 Å². The second kappa shape index (κ2) is 5.48. The molecule has 0 saturated heterocycles. The molecular formula is C13H22N2O. The van der Waals surface area contributed by atoms with Crippen molar-refractivity contribution in [2.45, 2.75) is 58.5 Å². The molecule has 0 aromatic carbocycles. The molecule has 1 saturated carbocycles. The van der Waals surface area contributed by atoms with Crippen LogP contribution in [0.2, 0.25) is 0 Å². The van der Waals surface area contributed by atoms with Crippen molar-refractivity contribution < 1.29 is 4.42 Å². The van der Waals surface area contributed by atoms with Crippen molar-refractivity contribution >= 4 is 0 Å². The van der Waals surface area contributed by atoms with E-state index in [2.05, 4.69) is 17.2 Å². The average molecular weight is 222 g/mol. The van der Waals surface area contributed by atoms with E-state index in [4.69, 9.17) is 4.42 Å². The highest BCUT2D eigenvalue weighted by Crippen LogP contribution is 2.26. The molecule has 0 aliphatic heterocycles. The van der Waals surface area contributed by atoms with Crippen LogP contribution in [0.15, 0.2) is 10.6 Å². The molecule has 90 valence electrons. The van der Waals surface area contributed by atoms with Crippen molar-refractivity contribution in [1.29, 1.82) is 0 Å². The first kappa shape index (κ1) is 11.6. The summed E-state index contributed by atoms with van der Waals surface area (Å²) in [5.41, 5.74) is 0. The molecule has 0 amide bonds. The maximum atomic E-state index is 5.44. The van der Waals surface area contributed by atoms with E-state index in [9.17, 15) is 0 Å². The van der Waals surface area contributed by atoms with E-state index in [1.54, 1.807) is 6.20 Å². The molecule has 1 fully saturated rings. The molecule has 3 heteroatoms. The van der Waals surface area contributed by atoms with Crippen LogP contribution in [0.3, 0.4) is 0 Å². The highest BCUT2D eigenvalue weighted by Gasteiger charge is 2.19. The lowest BCUT2D eigenvalue weighted by molar-refractivity contribution is 0.278. The molecule has 2 rings (SSSR count). The van der Waals surface area contributed by atoms with Crippen molar-refractivity contribution in [2.75, 3.05) is 0 Å². The Morgan fingerprint density at radius 2 is 2.12 bits per heavy atom. The van der Waals surface area contributed by atoms with Gasteiger partial charge in [0.2, 0.25) is 5.89 Å². The molecular weight excluding hydrogens is 200 g/mol. The van der Waals surface area contributed by atoms with E-state index in [0.29, 0.717) is 6.04 Å². The predicted octanol–water partition coefficient (Wildman–Crippen LogP) is 3.04. The van der Waals surface area contributed by atoms with Gasteiger partial charge in [-0.15, -0.1) is 0 Å². The predicted molar refractivity (Wildman–Crippen MR) is 64.1 cm³/mol. The van der Waals surface area contributed by atoms with Crippen LogP contribution >= 0.6 is 0 Å². The lowest BCUT2D eigenvalue weighted by atomic mass is 9.84. The van der Waals surface area contributed by atoms with Crippen LogP contribution in [0.25, 0.3) is 0 Å². The molecule has 1 aliphatic carbocycles. The lowest BCUT2D eigenvalue weighted by Crippen LogP contribution is -2.32. The molecule has 1 aliphatic rings. The number of nitrogens with zero attached hydrogens (tertiary/aromatic N) is 1. The van der Waals surface area contributed by atoms with E-state index >= 15 is 0 Å². The molecule has 0 unspecified atom stereocenters. The maximum absolute atomic E-state index is 5.44. The first-order valence-corrected chi connectivity index (χ1v) is 6.42. The Bertz CT molecular complexity index is 313. The number of nitrogens with one attached hydrogen (secondary N) is 1. The average Bonchev–Trinajstić information content (AvgIpc) is 2.73. The van der Waals surface area contributed by atoms with E-state index in [0.717, 1.165) is 24.1 Å². The first-order chi connectivity index (χ1) is 7.78. The van der Waals surface area contributed by atoms with Gasteiger partial charge in [-0.2, -0.15) is 0 Å². The SMILES string of the molecule is CCC1CCC(NCc2ncc(C)o2)CC1. The van der Waals surface area contributed by atoms with Crippen molar-refractivity contribution in [3.8, 4) is 0 Å². The van der Waals surface area contributed by atoms with E-state index in [1.165, 1.54) is 32.1 Å². The van der Waals surface area contributed by atoms with Crippen molar-refractivity contribution in [3.05, 3.63) is 17.8 Å². The van der Waals surface area contributed by atoms with Crippen LogP contribution in [-0.4, -0.2) is 11.0 Å². The Morgan fingerprint density at radius 3 is 2.69 bits per heavy atom. The molecule has 1 aromatic rings. The van der Waals surface area contributed by atoms with Gasteiger partial charge in [-0.05, 0) is 38.5 Å². The Balaban J connectivity index is 1.71. The molecule has 1 heterocycles. The molecule has 0 bridgehead atoms. The second-order valence-corrected chi connectivity index (χ2v) is 4.87. The summed E-state index contributed by atoms with van der Waals surface area (Å²) >= 11 is 0. The highest BCUT2D eigenvalue weighted by molar-refractivity contribution is 4.91. The van der Waals surface area contributed by atoms with E-state index in [1.807, 2.05) is 6.92 Å². The summed E-state index contributed by atoms with van der Waals surface area (Å²) in [6, 6.07) is 0.662. The third-order valence-electron chi connectivity index (χ3n) is 3.64. The summed E-state index contributed by atoms with van der Waals surface area (Å²) in [5, 5.41) is 3.54.